The molecule has 0 spiro atoms. The molecule has 0 saturated carbocycles. The van der Waals surface area contributed by atoms with Gasteiger partial charge in [-0.05, 0) is 12.1 Å². The number of aromatic amines is 1. The number of hydrogen-bond acceptors (Lipinski definition) is 6. The van der Waals surface area contributed by atoms with Gasteiger partial charge in [0.05, 0.1) is 40.4 Å². The van der Waals surface area contributed by atoms with E-state index in [0.29, 0.717) is 22.3 Å². The Morgan fingerprint density at radius 3 is 2.90 bits per heavy atom. The lowest BCUT2D eigenvalue weighted by Crippen LogP contribution is -2.21. The van der Waals surface area contributed by atoms with Crippen LogP contribution >= 0.6 is 0 Å². The van der Waals surface area contributed by atoms with Crippen molar-refractivity contribution in [2.45, 2.75) is 6.04 Å². The molecule has 0 radical (unpaired) electrons. The second-order valence-electron chi connectivity index (χ2n) is 4.60. The van der Waals surface area contributed by atoms with Crippen molar-refractivity contribution >= 4 is 32.1 Å². The van der Waals surface area contributed by atoms with Crippen LogP contribution in [0.3, 0.4) is 0 Å². The number of rotatable bonds is 2. The minimum absolute atomic E-state index is 0.00667. The summed E-state index contributed by atoms with van der Waals surface area (Å²) in [7, 11) is -3.13. The molecule has 8 heteroatoms. The summed E-state index contributed by atoms with van der Waals surface area (Å²) < 4.78 is 22.7. The molecule has 3 rings (SSSR count). The van der Waals surface area contributed by atoms with Gasteiger partial charge in [0.2, 0.25) is 0 Å². The molecule has 1 unspecified atom stereocenters. The van der Waals surface area contributed by atoms with Crippen LogP contribution in [0.5, 0.6) is 0 Å². The SMILES string of the molecule is Nc1cc2c(=O)[nH]cnc2cc1NC1C=CS(=O)(=O)C1. The van der Waals surface area contributed by atoms with Crippen molar-refractivity contribution in [2.75, 3.05) is 16.8 Å². The van der Waals surface area contributed by atoms with Crippen LogP contribution in [0.1, 0.15) is 0 Å². The normalized spacial score (nSPS) is 20.3. The van der Waals surface area contributed by atoms with Crippen molar-refractivity contribution in [3.63, 3.8) is 0 Å². The Morgan fingerprint density at radius 1 is 1.40 bits per heavy atom. The Morgan fingerprint density at radius 2 is 2.20 bits per heavy atom. The highest BCUT2D eigenvalue weighted by atomic mass is 32.2. The fourth-order valence-electron chi connectivity index (χ4n) is 2.12. The lowest BCUT2D eigenvalue weighted by molar-refractivity contribution is 0.605. The number of benzene rings is 1. The number of anilines is 2. The third-order valence-electron chi connectivity index (χ3n) is 3.08. The largest absolute Gasteiger partial charge is 0.397 e. The Labute approximate surface area is 114 Å². The summed E-state index contributed by atoms with van der Waals surface area (Å²) in [6.07, 6.45) is 2.88. The van der Waals surface area contributed by atoms with Gasteiger partial charge in [-0.15, -0.1) is 0 Å². The van der Waals surface area contributed by atoms with Crippen LogP contribution in [-0.2, 0) is 9.84 Å². The molecule has 0 fully saturated rings. The molecule has 0 aliphatic carbocycles. The van der Waals surface area contributed by atoms with Gasteiger partial charge in [-0.25, -0.2) is 13.4 Å². The van der Waals surface area contributed by atoms with Gasteiger partial charge < -0.3 is 16.0 Å². The van der Waals surface area contributed by atoms with E-state index in [9.17, 15) is 13.2 Å². The molecule has 1 aromatic heterocycles. The quantitative estimate of drug-likeness (QED) is 0.682. The Bertz CT molecular complexity index is 870. The first kappa shape index (κ1) is 12.7. The molecule has 2 heterocycles. The van der Waals surface area contributed by atoms with Crippen molar-refractivity contribution in [3.8, 4) is 0 Å². The highest BCUT2D eigenvalue weighted by Crippen LogP contribution is 2.25. The van der Waals surface area contributed by atoms with Crippen LogP contribution in [0.25, 0.3) is 10.9 Å². The predicted molar refractivity (Wildman–Crippen MR) is 77.1 cm³/mol. The van der Waals surface area contributed by atoms with E-state index < -0.39 is 9.84 Å². The van der Waals surface area contributed by atoms with Crippen LogP contribution in [0.2, 0.25) is 0 Å². The molecular formula is C12H12N4O3S. The number of sulfone groups is 1. The van der Waals surface area contributed by atoms with Crippen molar-refractivity contribution in [2.24, 2.45) is 0 Å². The number of H-pyrrole nitrogens is 1. The Hall–Kier alpha value is -2.35. The highest BCUT2D eigenvalue weighted by Gasteiger charge is 2.22. The van der Waals surface area contributed by atoms with E-state index in [1.54, 1.807) is 12.1 Å². The van der Waals surface area contributed by atoms with Crippen molar-refractivity contribution in [3.05, 3.63) is 40.3 Å². The molecule has 0 bridgehead atoms. The van der Waals surface area contributed by atoms with Gasteiger partial charge >= 0.3 is 0 Å². The zero-order valence-electron chi connectivity index (χ0n) is 10.3. The monoisotopic (exact) mass is 292 g/mol. The fraction of sp³-hybridized carbons (Fsp3) is 0.167. The van der Waals surface area contributed by atoms with Gasteiger partial charge in [0.1, 0.15) is 0 Å². The molecule has 7 nitrogen and oxygen atoms in total. The standard InChI is InChI=1S/C12H12N4O3S/c13-9-3-8-10(14-6-15-12(8)17)4-11(9)16-7-1-2-20(18,19)5-7/h1-4,6-7,16H,5,13H2,(H,14,15,17). The molecule has 0 saturated heterocycles. The van der Waals surface area contributed by atoms with E-state index in [-0.39, 0.29) is 17.4 Å². The first-order valence-corrected chi connectivity index (χ1v) is 7.60. The van der Waals surface area contributed by atoms with Crippen molar-refractivity contribution in [1.29, 1.82) is 0 Å². The summed E-state index contributed by atoms with van der Waals surface area (Å²) in [5, 5.41) is 4.61. The van der Waals surface area contributed by atoms with Gasteiger partial charge in [0.15, 0.2) is 9.84 Å². The molecule has 104 valence electrons. The number of nitrogens with two attached hydrogens (primary N) is 1. The summed E-state index contributed by atoms with van der Waals surface area (Å²) in [6, 6.07) is 2.83. The molecule has 1 aliphatic heterocycles. The van der Waals surface area contributed by atoms with E-state index in [1.165, 1.54) is 17.8 Å². The molecule has 20 heavy (non-hydrogen) atoms. The van der Waals surface area contributed by atoms with Crippen LogP contribution in [0, 0.1) is 0 Å². The fourth-order valence-corrected chi connectivity index (χ4v) is 3.36. The maximum absolute atomic E-state index is 11.6. The summed E-state index contributed by atoms with van der Waals surface area (Å²) >= 11 is 0. The lowest BCUT2D eigenvalue weighted by Gasteiger charge is -2.14. The lowest BCUT2D eigenvalue weighted by atomic mass is 10.1. The number of fused-ring (bicyclic) bond motifs is 1. The molecule has 4 N–H and O–H groups in total. The van der Waals surface area contributed by atoms with Crippen LogP contribution in [0.15, 0.2) is 34.7 Å². The van der Waals surface area contributed by atoms with Crippen LogP contribution < -0.4 is 16.6 Å². The zero-order valence-corrected chi connectivity index (χ0v) is 11.1. The van der Waals surface area contributed by atoms with Crippen LogP contribution in [-0.4, -0.2) is 30.2 Å². The molecule has 1 atom stereocenters. The molecule has 1 aromatic carbocycles. The zero-order chi connectivity index (χ0) is 14.3. The minimum Gasteiger partial charge on any atom is -0.397 e. The van der Waals surface area contributed by atoms with Gasteiger partial charge in [-0.3, -0.25) is 4.79 Å². The summed E-state index contributed by atoms with van der Waals surface area (Å²) in [4.78, 5) is 18.1. The van der Waals surface area contributed by atoms with Crippen molar-refractivity contribution in [1.82, 2.24) is 9.97 Å². The second-order valence-corrected chi connectivity index (χ2v) is 6.53. The van der Waals surface area contributed by atoms with Crippen LogP contribution in [0.4, 0.5) is 11.4 Å². The Kier molecular flexibility index (Phi) is 2.75. The van der Waals surface area contributed by atoms with E-state index in [0.717, 1.165) is 0 Å². The molecule has 2 aromatic rings. The number of nitrogens with zero attached hydrogens (tertiary/aromatic N) is 1. The van der Waals surface area contributed by atoms with Gasteiger partial charge in [-0.2, -0.15) is 0 Å². The third kappa shape index (κ3) is 2.25. The van der Waals surface area contributed by atoms with E-state index in [4.69, 9.17) is 5.73 Å². The highest BCUT2D eigenvalue weighted by molar-refractivity contribution is 7.94. The third-order valence-corrected chi connectivity index (χ3v) is 4.48. The molecule has 1 aliphatic rings. The molecule has 0 amide bonds. The summed E-state index contributed by atoms with van der Waals surface area (Å²) in [6.45, 7) is 0. The predicted octanol–water partition coefficient (Wildman–Crippen LogP) is 0.228. The summed E-state index contributed by atoms with van der Waals surface area (Å²) in [5.74, 6) is -0.00667. The van der Waals surface area contributed by atoms with E-state index >= 15 is 0 Å². The maximum Gasteiger partial charge on any atom is 0.258 e. The van der Waals surface area contributed by atoms with E-state index in [2.05, 4.69) is 15.3 Å². The number of aromatic nitrogens is 2. The number of nitrogens with one attached hydrogen (secondary N) is 2. The first-order chi connectivity index (χ1) is 9.44. The maximum atomic E-state index is 11.6. The average molecular weight is 292 g/mol. The van der Waals surface area contributed by atoms with Gasteiger partial charge in [0.25, 0.3) is 5.56 Å². The Balaban J connectivity index is 1.99. The molecular weight excluding hydrogens is 280 g/mol. The second kappa shape index (κ2) is 4.34. The smallest absolute Gasteiger partial charge is 0.258 e. The van der Waals surface area contributed by atoms with Gasteiger partial charge in [0, 0.05) is 5.41 Å². The van der Waals surface area contributed by atoms with Gasteiger partial charge in [-0.1, -0.05) is 6.08 Å². The number of nitrogen functional groups attached to an aromatic ring is 1. The topological polar surface area (TPSA) is 118 Å². The summed E-state index contributed by atoms with van der Waals surface area (Å²) in [5.41, 5.74) is 7.04. The van der Waals surface area contributed by atoms with E-state index in [1.807, 2.05) is 0 Å². The number of hydrogen-bond donors (Lipinski definition) is 3. The minimum atomic E-state index is -3.13. The van der Waals surface area contributed by atoms with Crippen molar-refractivity contribution < 1.29 is 8.42 Å². The average Bonchev–Trinajstić information content (AvgIpc) is 2.71. The first-order valence-electron chi connectivity index (χ1n) is 5.89.